The van der Waals surface area contributed by atoms with Crippen LogP contribution in [0.4, 0.5) is 11.4 Å². The summed E-state index contributed by atoms with van der Waals surface area (Å²) in [5.41, 5.74) is 3.18. The van der Waals surface area contributed by atoms with Gasteiger partial charge in [-0.3, -0.25) is 9.59 Å². The molecule has 178 valence electrons. The molecule has 5 rings (SSSR count). The van der Waals surface area contributed by atoms with Crippen molar-refractivity contribution in [3.8, 4) is 6.07 Å². The van der Waals surface area contributed by atoms with Gasteiger partial charge < -0.3 is 15.1 Å². The number of nitriles is 1. The Balaban J connectivity index is 1.43. The molecule has 0 spiro atoms. The van der Waals surface area contributed by atoms with Crippen LogP contribution in [-0.4, -0.2) is 29.3 Å². The van der Waals surface area contributed by atoms with Crippen LogP contribution >= 0.6 is 11.3 Å². The highest BCUT2D eigenvalue weighted by Crippen LogP contribution is 2.43. The van der Waals surface area contributed by atoms with Crippen molar-refractivity contribution >= 4 is 34.5 Å². The Morgan fingerprint density at radius 2 is 1.83 bits per heavy atom. The molecular weight excluding hydrogens is 456 g/mol. The van der Waals surface area contributed by atoms with E-state index in [-0.39, 0.29) is 24.4 Å². The van der Waals surface area contributed by atoms with E-state index < -0.39 is 6.04 Å². The molecule has 0 radical (unpaired) electrons. The number of para-hydroxylation sites is 1. The average molecular weight is 485 g/mol. The molecule has 1 N–H and O–H groups in total. The number of carbonyl (C=O) groups excluding carboxylic acids is 2. The number of thiophene rings is 1. The molecule has 3 aromatic rings. The molecule has 1 aliphatic carbocycles. The van der Waals surface area contributed by atoms with Gasteiger partial charge in [0.15, 0.2) is 0 Å². The quantitative estimate of drug-likeness (QED) is 0.482. The molecule has 2 amide bonds. The summed E-state index contributed by atoms with van der Waals surface area (Å²) in [5, 5.41) is 14.2. The van der Waals surface area contributed by atoms with E-state index >= 15 is 0 Å². The van der Waals surface area contributed by atoms with E-state index in [9.17, 15) is 9.59 Å². The molecule has 1 fully saturated rings. The summed E-state index contributed by atoms with van der Waals surface area (Å²) in [6, 6.07) is 20.6. The Morgan fingerprint density at radius 3 is 2.54 bits per heavy atom. The van der Waals surface area contributed by atoms with Gasteiger partial charge in [-0.2, -0.15) is 5.26 Å². The van der Waals surface area contributed by atoms with Gasteiger partial charge in [-0.1, -0.05) is 43.5 Å². The number of nitrogens with one attached hydrogen (secondary N) is 1. The first-order valence-corrected chi connectivity index (χ1v) is 13.0. The Morgan fingerprint density at radius 1 is 1.06 bits per heavy atom. The van der Waals surface area contributed by atoms with E-state index in [1.54, 1.807) is 40.5 Å². The molecular formula is C28H28N4O2S. The van der Waals surface area contributed by atoms with Gasteiger partial charge in [0.2, 0.25) is 5.91 Å². The highest BCUT2D eigenvalue weighted by atomic mass is 32.1. The summed E-state index contributed by atoms with van der Waals surface area (Å²) < 4.78 is 0. The van der Waals surface area contributed by atoms with E-state index in [0.29, 0.717) is 12.1 Å². The lowest BCUT2D eigenvalue weighted by atomic mass is 9.94. The molecule has 1 saturated carbocycles. The minimum absolute atomic E-state index is 0.00128. The topological polar surface area (TPSA) is 76.4 Å². The summed E-state index contributed by atoms with van der Waals surface area (Å²) in [5.74, 6) is -0.136. The maximum Gasteiger partial charge on any atom is 0.254 e. The third-order valence-electron chi connectivity index (χ3n) is 6.90. The van der Waals surface area contributed by atoms with Crippen molar-refractivity contribution < 1.29 is 9.59 Å². The molecule has 1 atom stereocenters. The lowest BCUT2D eigenvalue weighted by molar-refractivity contribution is -0.138. The maximum atomic E-state index is 14.0. The third kappa shape index (κ3) is 4.80. The van der Waals surface area contributed by atoms with Crippen LogP contribution in [0, 0.1) is 11.3 Å². The zero-order chi connectivity index (χ0) is 24.2. The Bertz CT molecular complexity index is 1230. The second-order valence-corrected chi connectivity index (χ2v) is 10.1. The summed E-state index contributed by atoms with van der Waals surface area (Å²) in [4.78, 5) is 32.3. The molecule has 6 nitrogen and oxygen atoms in total. The number of benzene rings is 2. The second-order valence-electron chi connectivity index (χ2n) is 9.11. The van der Waals surface area contributed by atoms with Crippen molar-refractivity contribution in [1.29, 1.82) is 5.26 Å². The van der Waals surface area contributed by atoms with Gasteiger partial charge in [-0.25, -0.2) is 0 Å². The lowest BCUT2D eigenvalue weighted by Crippen LogP contribution is -2.46. The van der Waals surface area contributed by atoms with Gasteiger partial charge in [0.1, 0.15) is 6.04 Å². The van der Waals surface area contributed by atoms with Crippen LogP contribution in [0.2, 0.25) is 0 Å². The van der Waals surface area contributed by atoms with E-state index in [1.807, 2.05) is 46.7 Å². The van der Waals surface area contributed by atoms with Crippen LogP contribution in [0.5, 0.6) is 0 Å². The number of anilines is 2. The van der Waals surface area contributed by atoms with Crippen molar-refractivity contribution in [2.24, 2.45) is 0 Å². The third-order valence-corrected chi connectivity index (χ3v) is 7.76. The van der Waals surface area contributed by atoms with Gasteiger partial charge in [-0.05, 0) is 54.6 Å². The molecule has 35 heavy (non-hydrogen) atoms. The molecule has 1 unspecified atom stereocenters. The summed E-state index contributed by atoms with van der Waals surface area (Å²) in [6.45, 7) is 0.446. The highest BCUT2D eigenvalue weighted by Gasteiger charge is 2.45. The Labute approximate surface area is 209 Å². The second kappa shape index (κ2) is 10.3. The van der Waals surface area contributed by atoms with Crippen LogP contribution < -0.4 is 10.2 Å². The number of amides is 2. The van der Waals surface area contributed by atoms with Crippen LogP contribution in [-0.2, 0) is 16.1 Å². The summed E-state index contributed by atoms with van der Waals surface area (Å²) in [7, 11) is 0. The summed E-state index contributed by atoms with van der Waals surface area (Å²) >= 11 is 1.59. The predicted octanol–water partition coefficient (Wildman–Crippen LogP) is 5.48. The van der Waals surface area contributed by atoms with Crippen LogP contribution in [0.15, 0.2) is 66.0 Å². The molecule has 0 bridgehead atoms. The monoisotopic (exact) mass is 484 g/mol. The zero-order valence-corrected chi connectivity index (χ0v) is 20.3. The molecule has 2 aliphatic rings. The molecule has 2 heterocycles. The predicted molar refractivity (Wildman–Crippen MR) is 138 cm³/mol. The van der Waals surface area contributed by atoms with Gasteiger partial charge in [0.05, 0.1) is 24.7 Å². The first-order chi connectivity index (χ1) is 17.2. The Hall–Kier alpha value is -3.63. The fraction of sp³-hybridized carbons (Fsp3) is 0.321. The van der Waals surface area contributed by atoms with Gasteiger partial charge >= 0.3 is 0 Å². The number of nitrogens with zero attached hydrogens (tertiary/aromatic N) is 3. The van der Waals surface area contributed by atoms with Crippen LogP contribution in [0.25, 0.3) is 0 Å². The van der Waals surface area contributed by atoms with E-state index in [4.69, 9.17) is 5.26 Å². The van der Waals surface area contributed by atoms with Gasteiger partial charge in [0.25, 0.3) is 5.91 Å². The fourth-order valence-corrected chi connectivity index (χ4v) is 5.88. The number of hydrogen-bond acceptors (Lipinski definition) is 5. The summed E-state index contributed by atoms with van der Waals surface area (Å²) in [6.07, 6.45) is 5.49. The molecule has 2 aromatic carbocycles. The smallest absolute Gasteiger partial charge is 0.254 e. The number of rotatable bonds is 7. The van der Waals surface area contributed by atoms with E-state index in [2.05, 4.69) is 11.4 Å². The first-order valence-electron chi connectivity index (χ1n) is 12.1. The maximum absolute atomic E-state index is 14.0. The fourth-order valence-electron chi connectivity index (χ4n) is 5.17. The largest absolute Gasteiger partial charge is 0.376 e. The Kier molecular flexibility index (Phi) is 6.82. The minimum atomic E-state index is -0.634. The van der Waals surface area contributed by atoms with Gasteiger partial charge in [0, 0.05) is 27.9 Å². The lowest BCUT2D eigenvalue weighted by Gasteiger charge is -2.33. The van der Waals surface area contributed by atoms with Crippen LogP contribution in [0.1, 0.15) is 54.1 Å². The van der Waals surface area contributed by atoms with Crippen molar-refractivity contribution in [1.82, 2.24) is 4.90 Å². The van der Waals surface area contributed by atoms with Gasteiger partial charge in [-0.15, -0.1) is 11.3 Å². The molecule has 7 heteroatoms. The average Bonchev–Trinajstić information content (AvgIpc) is 3.52. The zero-order valence-electron chi connectivity index (χ0n) is 19.5. The number of fused-ring (bicyclic) bond motifs is 1. The number of hydrogen-bond donors (Lipinski definition) is 1. The van der Waals surface area contributed by atoms with E-state index in [0.717, 1.165) is 47.5 Å². The molecule has 1 aromatic heterocycles. The molecule has 0 saturated heterocycles. The van der Waals surface area contributed by atoms with Crippen molar-refractivity contribution in [3.05, 3.63) is 82.0 Å². The highest BCUT2D eigenvalue weighted by molar-refractivity contribution is 7.09. The first kappa shape index (κ1) is 23.1. The van der Waals surface area contributed by atoms with Crippen molar-refractivity contribution in [3.63, 3.8) is 0 Å². The van der Waals surface area contributed by atoms with Crippen LogP contribution in [0.3, 0.4) is 0 Å². The standard InChI is InChI=1S/C28H28N4O2S/c29-17-20-12-14-21(15-13-20)30-18-26(33)31(19-23-9-6-16-35-23)27-24-10-4-5-11-25(24)32(28(27)34)22-7-2-1-3-8-22/h4-6,9-16,22,27,30H,1-3,7-8,18-19H2. The normalized spacial score (nSPS) is 17.6. The van der Waals surface area contributed by atoms with Crippen molar-refractivity contribution in [2.45, 2.75) is 50.7 Å². The van der Waals surface area contributed by atoms with E-state index in [1.165, 1.54) is 6.42 Å². The minimum Gasteiger partial charge on any atom is -0.376 e. The molecule has 1 aliphatic heterocycles. The number of carbonyl (C=O) groups is 2. The van der Waals surface area contributed by atoms with Crippen molar-refractivity contribution in [2.75, 3.05) is 16.8 Å². The SMILES string of the molecule is N#Cc1ccc(NCC(=O)N(Cc2cccs2)C2C(=O)N(C3CCCCC3)c3ccccc32)cc1.